The Morgan fingerprint density at radius 3 is 2.40 bits per heavy atom. The Kier molecular flexibility index (Phi) is 7.23. The van der Waals surface area contributed by atoms with Gasteiger partial charge in [0, 0.05) is 29.4 Å². The van der Waals surface area contributed by atoms with Crippen LogP contribution in [0.4, 0.5) is 5.69 Å². The van der Waals surface area contributed by atoms with Gasteiger partial charge in [-0.1, -0.05) is 43.3 Å². The van der Waals surface area contributed by atoms with Crippen LogP contribution in [-0.4, -0.2) is 48.7 Å². The van der Waals surface area contributed by atoms with E-state index in [1.54, 1.807) is 50.2 Å². The van der Waals surface area contributed by atoms with Gasteiger partial charge in [-0.3, -0.25) is 14.7 Å². The highest BCUT2D eigenvalue weighted by molar-refractivity contribution is 8.14. The average molecular weight is 466 g/mol. The van der Waals surface area contributed by atoms with Crippen molar-refractivity contribution in [2.24, 2.45) is 4.99 Å². The molecule has 0 saturated heterocycles. The molecule has 3 rings (SSSR count). The summed E-state index contributed by atoms with van der Waals surface area (Å²) in [6.45, 7) is 6.28. The van der Waals surface area contributed by atoms with E-state index in [2.05, 4.69) is 4.99 Å². The number of carbonyl (C=O) groups excluding carboxylic acids is 1. The summed E-state index contributed by atoms with van der Waals surface area (Å²) in [4.78, 5) is 19.7. The number of hydrogen-bond donors (Lipinski definition) is 0. The molecule has 0 aliphatic carbocycles. The molecule has 0 saturated carbocycles. The van der Waals surface area contributed by atoms with Crippen LogP contribution < -0.4 is 4.90 Å². The lowest BCUT2D eigenvalue weighted by Gasteiger charge is -2.23. The van der Waals surface area contributed by atoms with Crippen LogP contribution in [0.5, 0.6) is 0 Å². The summed E-state index contributed by atoms with van der Waals surface area (Å²) in [5.74, 6) is 0.442. The number of amidine groups is 1. The minimum atomic E-state index is -3.67. The predicted octanol–water partition coefficient (Wildman–Crippen LogP) is 4.51. The molecule has 1 amide bonds. The topological polar surface area (TPSA) is 70.1 Å². The summed E-state index contributed by atoms with van der Waals surface area (Å²) in [6.07, 6.45) is 0. The largest absolute Gasteiger partial charge is 0.268 e. The minimum Gasteiger partial charge on any atom is -0.268 e. The number of benzene rings is 2. The molecule has 0 unspecified atom stereocenters. The van der Waals surface area contributed by atoms with Gasteiger partial charge in [0.2, 0.25) is 10.0 Å². The molecular formula is C21H24ClN3O3S2. The third kappa shape index (κ3) is 4.72. The van der Waals surface area contributed by atoms with E-state index in [0.29, 0.717) is 29.0 Å². The number of rotatable bonds is 6. The molecule has 160 valence electrons. The first kappa shape index (κ1) is 22.8. The fourth-order valence-corrected chi connectivity index (χ4v) is 5.78. The van der Waals surface area contributed by atoms with E-state index in [1.807, 2.05) is 6.92 Å². The van der Waals surface area contributed by atoms with Gasteiger partial charge in [0.1, 0.15) is 0 Å². The van der Waals surface area contributed by atoms with E-state index in [-0.39, 0.29) is 22.4 Å². The van der Waals surface area contributed by atoms with Crippen molar-refractivity contribution in [2.75, 3.05) is 23.7 Å². The van der Waals surface area contributed by atoms with Gasteiger partial charge in [-0.15, -0.1) is 0 Å². The van der Waals surface area contributed by atoms with Crippen LogP contribution in [0.1, 0.15) is 31.1 Å². The lowest BCUT2D eigenvalue weighted by atomic mass is 10.2. The molecule has 6 nitrogen and oxygen atoms in total. The number of thioether (sulfide) groups is 1. The smallest absolute Gasteiger partial charge is 0.264 e. The van der Waals surface area contributed by atoms with Crippen molar-refractivity contribution in [1.29, 1.82) is 0 Å². The fourth-order valence-electron chi connectivity index (χ4n) is 3.12. The zero-order valence-electron chi connectivity index (χ0n) is 17.1. The number of sulfonamides is 1. The molecule has 2 aromatic carbocycles. The second-order valence-electron chi connectivity index (χ2n) is 6.81. The zero-order chi connectivity index (χ0) is 21.9. The van der Waals surface area contributed by atoms with Crippen molar-refractivity contribution >= 4 is 50.1 Å². The van der Waals surface area contributed by atoms with E-state index < -0.39 is 10.0 Å². The maximum absolute atomic E-state index is 13.5. The van der Waals surface area contributed by atoms with Crippen LogP contribution in [0.3, 0.4) is 0 Å². The first-order valence-electron chi connectivity index (χ1n) is 9.68. The van der Waals surface area contributed by atoms with Crippen LogP contribution in [0.25, 0.3) is 0 Å². The number of hydrogen-bond acceptors (Lipinski definition) is 5. The molecule has 0 spiro atoms. The Balaban J connectivity index is 2.03. The Labute approximate surface area is 187 Å². The summed E-state index contributed by atoms with van der Waals surface area (Å²) in [7, 11) is -3.67. The van der Waals surface area contributed by atoms with Gasteiger partial charge >= 0.3 is 0 Å². The van der Waals surface area contributed by atoms with Crippen LogP contribution in [-0.2, 0) is 10.0 Å². The van der Waals surface area contributed by atoms with Crippen LogP contribution in [0, 0.1) is 0 Å². The molecule has 1 aliphatic heterocycles. The van der Waals surface area contributed by atoms with Crippen molar-refractivity contribution in [1.82, 2.24) is 4.31 Å². The fraction of sp³-hybridized carbons (Fsp3) is 0.333. The van der Waals surface area contributed by atoms with Crippen molar-refractivity contribution in [3.05, 3.63) is 59.1 Å². The summed E-state index contributed by atoms with van der Waals surface area (Å²) in [5, 5.41) is 1.15. The average Bonchev–Trinajstić information content (AvgIpc) is 3.16. The number of halogens is 1. The molecule has 1 heterocycles. The van der Waals surface area contributed by atoms with E-state index in [0.717, 1.165) is 5.75 Å². The number of nitrogens with zero attached hydrogens (tertiary/aromatic N) is 3. The molecule has 9 heteroatoms. The molecule has 2 aromatic rings. The summed E-state index contributed by atoms with van der Waals surface area (Å²) < 4.78 is 27.2. The first-order valence-corrected chi connectivity index (χ1v) is 12.5. The van der Waals surface area contributed by atoms with Crippen LogP contribution in [0.15, 0.2) is 58.4 Å². The normalized spacial score (nSPS) is 16.6. The minimum absolute atomic E-state index is 0.0991. The first-order chi connectivity index (χ1) is 14.3. The van der Waals surface area contributed by atoms with Gasteiger partial charge in [-0.25, -0.2) is 8.42 Å². The molecule has 0 fully saturated rings. The Bertz CT molecular complexity index is 1050. The zero-order valence-corrected chi connectivity index (χ0v) is 19.5. The van der Waals surface area contributed by atoms with Gasteiger partial charge in [-0.2, -0.15) is 4.31 Å². The molecular weight excluding hydrogens is 442 g/mol. The predicted molar refractivity (Wildman–Crippen MR) is 124 cm³/mol. The maximum atomic E-state index is 13.5. The Hall–Kier alpha value is -1.87. The molecule has 0 bridgehead atoms. The highest BCUT2D eigenvalue weighted by Gasteiger charge is 2.29. The lowest BCUT2D eigenvalue weighted by Crippen LogP contribution is -2.35. The number of carbonyl (C=O) groups is 1. The van der Waals surface area contributed by atoms with Gasteiger partial charge in [0.15, 0.2) is 5.17 Å². The van der Waals surface area contributed by atoms with E-state index in [4.69, 9.17) is 11.6 Å². The van der Waals surface area contributed by atoms with E-state index in [1.165, 1.54) is 33.1 Å². The highest BCUT2D eigenvalue weighted by atomic mass is 35.5. The van der Waals surface area contributed by atoms with E-state index >= 15 is 0 Å². The van der Waals surface area contributed by atoms with Crippen LogP contribution in [0.2, 0.25) is 5.02 Å². The Morgan fingerprint density at radius 2 is 1.83 bits per heavy atom. The van der Waals surface area contributed by atoms with Gasteiger partial charge in [0.05, 0.1) is 16.6 Å². The van der Waals surface area contributed by atoms with Crippen molar-refractivity contribution in [3.8, 4) is 0 Å². The van der Waals surface area contributed by atoms with Crippen molar-refractivity contribution in [2.45, 2.75) is 31.7 Å². The number of anilines is 1. The van der Waals surface area contributed by atoms with Crippen molar-refractivity contribution < 1.29 is 13.2 Å². The third-order valence-corrected chi connectivity index (χ3v) is 8.18. The quantitative estimate of drug-likeness (QED) is 0.629. The van der Waals surface area contributed by atoms with Crippen molar-refractivity contribution in [3.63, 3.8) is 0 Å². The summed E-state index contributed by atoms with van der Waals surface area (Å²) in [6, 6.07) is 13.2. The maximum Gasteiger partial charge on any atom is 0.264 e. The standard InChI is InChI=1S/C21H24ClN3O3S2/c1-4-24(5-2)30(27,28)19-8-6-7-16(13-19)20(26)25(21-23-15(3)14-29-21)18-11-9-17(22)10-12-18/h6-13,15H,4-5,14H2,1-3H3/t15-/m0/s1. The molecule has 30 heavy (non-hydrogen) atoms. The molecule has 1 atom stereocenters. The Morgan fingerprint density at radius 1 is 1.17 bits per heavy atom. The molecule has 0 radical (unpaired) electrons. The third-order valence-electron chi connectivity index (χ3n) is 4.69. The summed E-state index contributed by atoms with van der Waals surface area (Å²) in [5.41, 5.74) is 0.905. The number of aliphatic imine (C=N–C) groups is 1. The summed E-state index contributed by atoms with van der Waals surface area (Å²) >= 11 is 7.51. The second kappa shape index (κ2) is 9.51. The molecule has 1 aliphatic rings. The van der Waals surface area contributed by atoms with Gasteiger partial charge < -0.3 is 0 Å². The van der Waals surface area contributed by atoms with E-state index in [9.17, 15) is 13.2 Å². The highest BCUT2D eigenvalue weighted by Crippen LogP contribution is 2.29. The second-order valence-corrected chi connectivity index (χ2v) is 10.2. The SMILES string of the molecule is CCN(CC)S(=O)(=O)c1cccc(C(=O)N(C2=N[C@@H](C)CS2)c2ccc(Cl)cc2)c1. The van der Waals surface area contributed by atoms with Crippen LogP contribution >= 0.6 is 23.4 Å². The number of amides is 1. The monoisotopic (exact) mass is 465 g/mol. The van der Waals surface area contributed by atoms with Gasteiger partial charge in [-0.05, 0) is 49.4 Å². The molecule has 0 aromatic heterocycles. The van der Waals surface area contributed by atoms with Gasteiger partial charge in [0.25, 0.3) is 5.91 Å². The molecule has 0 N–H and O–H groups in total. The lowest BCUT2D eigenvalue weighted by molar-refractivity contribution is 0.100.